The monoisotopic (exact) mass is 118 g/mol. The molecule has 8 heavy (non-hydrogen) atoms. The zero-order chi connectivity index (χ0) is 6.15. The van der Waals surface area contributed by atoms with Crippen LogP contribution in [0, 0.1) is 0 Å². The van der Waals surface area contributed by atoms with Crippen LogP contribution < -0.4 is 0 Å². The second kappa shape index (κ2) is 1.72. The van der Waals surface area contributed by atoms with E-state index in [0.717, 1.165) is 11.0 Å². The summed E-state index contributed by atoms with van der Waals surface area (Å²) in [7, 11) is 0. The largest absolute Gasteiger partial charge is 0.383 e. The van der Waals surface area contributed by atoms with Gasteiger partial charge in [-0.2, -0.15) is 0 Å². The quantitative estimate of drug-likeness (QED) is 0.259. The first kappa shape index (κ1) is 5.53. The third-order valence-electron chi connectivity index (χ3n) is 1.09. The van der Waals surface area contributed by atoms with Crippen LogP contribution in [0.3, 0.4) is 0 Å². The molecule has 3 N–H and O–H groups in total. The van der Waals surface area contributed by atoms with Crippen molar-refractivity contribution in [2.24, 2.45) is 0 Å². The Morgan fingerprint density at radius 1 is 1.50 bits per heavy atom. The molecule has 0 aromatic carbocycles. The highest BCUT2D eigenvalue weighted by molar-refractivity contribution is 5.59. The van der Waals surface area contributed by atoms with Crippen LogP contribution in [0.4, 0.5) is 0 Å². The molecule has 0 aliphatic carbocycles. The van der Waals surface area contributed by atoms with Crippen LogP contribution in [-0.4, -0.2) is 45.1 Å². The van der Waals surface area contributed by atoms with E-state index in [0.29, 0.717) is 0 Å². The number of hydrogen-bond donors (Lipinski definition) is 3. The highest BCUT2D eigenvalue weighted by Gasteiger charge is 2.30. The van der Waals surface area contributed by atoms with Crippen molar-refractivity contribution in [1.29, 1.82) is 0 Å². The molecule has 2 unspecified atom stereocenters. The van der Waals surface area contributed by atoms with Gasteiger partial charge in [-0.3, -0.25) is 5.21 Å². The van der Waals surface area contributed by atoms with Crippen molar-refractivity contribution in [3.63, 3.8) is 0 Å². The smallest absolute Gasteiger partial charge is 0.223 e. The lowest BCUT2D eigenvalue weighted by Crippen LogP contribution is -2.24. The Morgan fingerprint density at radius 3 is 2.25 bits per heavy atom. The molecule has 1 heterocycles. The number of rotatable bonds is 0. The van der Waals surface area contributed by atoms with Gasteiger partial charge in [-0.15, -0.1) is 0 Å². The fourth-order valence-electron chi connectivity index (χ4n) is 0.636. The van der Waals surface area contributed by atoms with Crippen molar-refractivity contribution < 1.29 is 20.2 Å². The Bertz CT molecular complexity index is 122. The number of β-amino-alcohol motifs (C(OH)–C–C–N with tert-alkyl or cyclic N) is 1. The third-order valence-corrected chi connectivity index (χ3v) is 1.09. The molecule has 0 aromatic rings. The summed E-state index contributed by atoms with van der Waals surface area (Å²) in [5.41, 5.74) is 0. The first-order valence-electron chi connectivity index (χ1n) is 2.37. The molecule has 0 spiro atoms. The molecule has 0 bridgehead atoms. The highest BCUT2D eigenvalue weighted by atomic mass is 16.5. The lowest BCUT2D eigenvalue weighted by atomic mass is 10.3. The van der Waals surface area contributed by atoms with Crippen molar-refractivity contribution >= 4 is 6.21 Å². The molecule has 0 amide bonds. The van der Waals surface area contributed by atoms with Gasteiger partial charge in [0, 0.05) is 0 Å². The standard InChI is InChI=1S/C4H8NO3/c6-3-1-5(8)2-4(3)7/h1,3-4,6-8H,2H2/q+1. The second-order valence-corrected chi connectivity index (χ2v) is 1.83. The summed E-state index contributed by atoms with van der Waals surface area (Å²) in [6, 6.07) is 0. The normalized spacial score (nSPS) is 37.5. The fourth-order valence-corrected chi connectivity index (χ4v) is 0.636. The van der Waals surface area contributed by atoms with Crippen molar-refractivity contribution in [3.8, 4) is 0 Å². The fraction of sp³-hybridized carbons (Fsp3) is 0.750. The Hall–Kier alpha value is -0.610. The Labute approximate surface area is 46.3 Å². The zero-order valence-electron chi connectivity index (χ0n) is 4.23. The highest BCUT2D eigenvalue weighted by Crippen LogP contribution is 1.96. The molecule has 46 valence electrons. The van der Waals surface area contributed by atoms with Crippen LogP contribution >= 0.6 is 0 Å². The lowest BCUT2D eigenvalue weighted by molar-refractivity contribution is -0.769. The first-order chi connectivity index (χ1) is 3.70. The molecule has 1 aliphatic heterocycles. The molecular weight excluding hydrogens is 110 g/mol. The summed E-state index contributed by atoms with van der Waals surface area (Å²) in [5, 5.41) is 25.9. The average Bonchev–Trinajstić information content (AvgIpc) is 1.85. The average molecular weight is 118 g/mol. The maximum Gasteiger partial charge on any atom is 0.223 e. The second-order valence-electron chi connectivity index (χ2n) is 1.83. The Balaban J connectivity index is 2.56. The van der Waals surface area contributed by atoms with Gasteiger partial charge in [0.2, 0.25) is 12.8 Å². The van der Waals surface area contributed by atoms with Crippen LogP contribution in [-0.2, 0) is 0 Å². The van der Waals surface area contributed by atoms with Gasteiger partial charge in [-0.05, 0) is 4.74 Å². The van der Waals surface area contributed by atoms with Crippen molar-refractivity contribution in [2.45, 2.75) is 12.2 Å². The van der Waals surface area contributed by atoms with Crippen LogP contribution in [0.15, 0.2) is 0 Å². The molecule has 2 atom stereocenters. The van der Waals surface area contributed by atoms with Crippen LogP contribution in [0.2, 0.25) is 0 Å². The van der Waals surface area contributed by atoms with E-state index < -0.39 is 12.2 Å². The summed E-state index contributed by atoms with van der Waals surface area (Å²) in [6.45, 7) is 0.0984. The minimum atomic E-state index is -0.903. The Kier molecular flexibility index (Phi) is 1.19. The molecule has 1 aliphatic rings. The molecule has 1 rings (SSSR count). The molecule has 4 heteroatoms. The number of hydrogen-bond acceptors (Lipinski definition) is 3. The number of aliphatic hydroxyl groups excluding tert-OH is 2. The first-order valence-corrected chi connectivity index (χ1v) is 2.37. The maximum absolute atomic E-state index is 8.69. The van der Waals surface area contributed by atoms with Crippen LogP contribution in [0.5, 0.6) is 0 Å². The molecule has 0 radical (unpaired) electrons. The van der Waals surface area contributed by atoms with E-state index in [1.807, 2.05) is 0 Å². The summed E-state index contributed by atoms with van der Waals surface area (Å²) in [6.07, 6.45) is -0.579. The van der Waals surface area contributed by atoms with E-state index in [9.17, 15) is 0 Å². The van der Waals surface area contributed by atoms with E-state index in [1.165, 1.54) is 0 Å². The summed E-state index contributed by atoms with van der Waals surface area (Å²) >= 11 is 0. The van der Waals surface area contributed by atoms with Crippen molar-refractivity contribution in [3.05, 3.63) is 0 Å². The van der Waals surface area contributed by atoms with Crippen LogP contribution in [0.25, 0.3) is 0 Å². The predicted octanol–water partition coefficient (Wildman–Crippen LogP) is -1.81. The lowest BCUT2D eigenvalue weighted by Gasteiger charge is -1.95. The topological polar surface area (TPSA) is 63.7 Å². The van der Waals surface area contributed by atoms with Crippen molar-refractivity contribution in [2.75, 3.05) is 6.54 Å². The maximum atomic E-state index is 8.69. The zero-order valence-corrected chi connectivity index (χ0v) is 4.23. The number of aliphatic hydroxyl groups is 2. The summed E-state index contributed by atoms with van der Waals surface area (Å²) in [4.78, 5) is 0. The number of hydroxylamine groups is 1. The molecular formula is C4H8NO3+. The summed E-state index contributed by atoms with van der Waals surface area (Å²) < 4.78 is 0.773. The summed E-state index contributed by atoms with van der Waals surface area (Å²) in [5.74, 6) is 0. The third kappa shape index (κ3) is 0.801. The molecule has 0 saturated carbocycles. The molecule has 4 nitrogen and oxygen atoms in total. The van der Waals surface area contributed by atoms with E-state index in [4.69, 9.17) is 15.4 Å². The van der Waals surface area contributed by atoms with Gasteiger partial charge in [-0.25, -0.2) is 0 Å². The van der Waals surface area contributed by atoms with Gasteiger partial charge in [-0.1, -0.05) is 0 Å². The van der Waals surface area contributed by atoms with Gasteiger partial charge < -0.3 is 10.2 Å². The van der Waals surface area contributed by atoms with Gasteiger partial charge >= 0.3 is 0 Å². The van der Waals surface area contributed by atoms with Gasteiger partial charge in [0.15, 0.2) is 12.2 Å². The SMILES string of the molecule is OC1C=[N+](O)CC1O. The van der Waals surface area contributed by atoms with E-state index in [1.54, 1.807) is 0 Å². The molecule has 0 fully saturated rings. The van der Waals surface area contributed by atoms with Gasteiger partial charge in [0.1, 0.15) is 0 Å². The van der Waals surface area contributed by atoms with Crippen LogP contribution in [0.1, 0.15) is 0 Å². The minimum Gasteiger partial charge on any atom is -0.383 e. The van der Waals surface area contributed by atoms with Gasteiger partial charge in [0.25, 0.3) is 0 Å². The van der Waals surface area contributed by atoms with Gasteiger partial charge in [0.05, 0.1) is 0 Å². The minimum absolute atomic E-state index is 0.0984. The Morgan fingerprint density at radius 2 is 2.12 bits per heavy atom. The van der Waals surface area contributed by atoms with E-state index in [-0.39, 0.29) is 6.54 Å². The number of nitrogens with zero attached hydrogens (tertiary/aromatic N) is 1. The predicted molar refractivity (Wildman–Crippen MR) is 25.0 cm³/mol. The van der Waals surface area contributed by atoms with E-state index >= 15 is 0 Å². The molecule has 0 aromatic heterocycles. The van der Waals surface area contributed by atoms with Crippen molar-refractivity contribution in [1.82, 2.24) is 0 Å². The van der Waals surface area contributed by atoms with E-state index in [2.05, 4.69) is 0 Å². The molecule has 0 saturated heterocycles.